The molecular formula is C30H34N4O4S. The van der Waals surface area contributed by atoms with Gasteiger partial charge in [0, 0.05) is 25.1 Å². The minimum absolute atomic E-state index is 0.0619. The van der Waals surface area contributed by atoms with Crippen LogP contribution < -0.4 is 5.32 Å². The lowest BCUT2D eigenvalue weighted by Crippen LogP contribution is -2.55. The second-order valence-corrected chi connectivity index (χ2v) is 11.6. The van der Waals surface area contributed by atoms with E-state index in [9.17, 15) is 19.5 Å². The molecular weight excluding hydrogens is 512 g/mol. The molecule has 0 saturated carbocycles. The number of likely N-dealkylation sites (tertiary alicyclic amines) is 1. The zero-order valence-electron chi connectivity index (χ0n) is 22.6. The van der Waals surface area contributed by atoms with Gasteiger partial charge in [-0.25, -0.2) is 4.98 Å². The van der Waals surface area contributed by atoms with E-state index in [0.717, 1.165) is 27.3 Å². The molecule has 9 heteroatoms. The lowest BCUT2D eigenvalue weighted by atomic mass is 10.00. The molecule has 39 heavy (non-hydrogen) atoms. The van der Waals surface area contributed by atoms with Crippen molar-refractivity contribution in [3.05, 3.63) is 76.4 Å². The number of aliphatic hydroxyl groups excluding tert-OH is 1. The molecule has 3 heterocycles. The van der Waals surface area contributed by atoms with Crippen molar-refractivity contribution in [1.82, 2.24) is 20.1 Å². The van der Waals surface area contributed by atoms with Crippen molar-refractivity contribution in [2.75, 3.05) is 6.54 Å². The van der Waals surface area contributed by atoms with Gasteiger partial charge < -0.3 is 20.2 Å². The summed E-state index contributed by atoms with van der Waals surface area (Å²) >= 11 is 1.59. The monoisotopic (exact) mass is 546 g/mol. The molecule has 3 aromatic rings. The molecule has 2 aromatic carbocycles. The summed E-state index contributed by atoms with van der Waals surface area (Å²) in [6.07, 6.45) is -0.645. The second-order valence-electron chi connectivity index (χ2n) is 10.8. The molecule has 0 bridgehead atoms. The number of benzene rings is 2. The van der Waals surface area contributed by atoms with Gasteiger partial charge in [0.05, 0.1) is 28.2 Å². The molecule has 8 nitrogen and oxygen atoms in total. The summed E-state index contributed by atoms with van der Waals surface area (Å²) in [7, 11) is 0. The standard InChI is InChI=1S/C30H34N4O4S/c1-17(2)26(34-14-22-7-5-6-8-24(22)29(34)37)30(38)33-15-23(35)13-25(33)28(36)32-18(3)20-9-11-21(12-10-20)27-19(4)31-16-39-27/h5-12,16-18,23,25-26,35H,13-15H2,1-4H3,(H,32,36)/t18-,23+,25?,26-/m0/s1. The number of nitrogens with one attached hydrogen (secondary N) is 1. The van der Waals surface area contributed by atoms with Crippen molar-refractivity contribution >= 4 is 29.1 Å². The van der Waals surface area contributed by atoms with Crippen molar-refractivity contribution in [3.8, 4) is 10.4 Å². The van der Waals surface area contributed by atoms with Gasteiger partial charge in [0.15, 0.2) is 0 Å². The van der Waals surface area contributed by atoms with Crippen molar-refractivity contribution in [3.63, 3.8) is 0 Å². The van der Waals surface area contributed by atoms with Crippen LogP contribution in [0, 0.1) is 12.8 Å². The van der Waals surface area contributed by atoms with Gasteiger partial charge in [-0.05, 0) is 42.5 Å². The van der Waals surface area contributed by atoms with E-state index in [1.165, 1.54) is 4.90 Å². The lowest BCUT2D eigenvalue weighted by Gasteiger charge is -2.35. The molecule has 1 aromatic heterocycles. The Labute approximate surface area is 232 Å². The smallest absolute Gasteiger partial charge is 0.255 e. The number of aliphatic hydroxyl groups is 1. The number of aromatic nitrogens is 1. The highest BCUT2D eigenvalue weighted by atomic mass is 32.1. The summed E-state index contributed by atoms with van der Waals surface area (Å²) in [6.45, 7) is 8.10. The number of β-amino-alcohol motifs (C(OH)–C–C–N with tert-alkyl or cyclic N) is 1. The van der Waals surface area contributed by atoms with Crippen LogP contribution in [-0.2, 0) is 16.1 Å². The number of carbonyl (C=O) groups excluding carboxylic acids is 3. The molecule has 2 aliphatic rings. The predicted molar refractivity (Wildman–Crippen MR) is 150 cm³/mol. The summed E-state index contributed by atoms with van der Waals surface area (Å²) in [5.74, 6) is -0.964. The SMILES string of the molecule is Cc1ncsc1-c1ccc([C@H](C)NC(=O)C2C[C@@H](O)CN2C(=O)[C@H](C(C)C)N2Cc3ccccc3C2=O)cc1. The third-order valence-corrected chi connectivity index (χ3v) is 8.69. The molecule has 0 spiro atoms. The summed E-state index contributed by atoms with van der Waals surface area (Å²) in [5, 5.41) is 13.5. The Balaban J connectivity index is 1.30. The Bertz CT molecular complexity index is 1390. The van der Waals surface area contributed by atoms with E-state index in [1.807, 2.05) is 75.7 Å². The van der Waals surface area contributed by atoms with Crippen LogP contribution >= 0.6 is 11.3 Å². The number of hydrogen-bond donors (Lipinski definition) is 2. The molecule has 2 N–H and O–H groups in total. The number of carbonyl (C=O) groups is 3. The number of amides is 3. The normalized spacial score (nSPS) is 20.3. The topological polar surface area (TPSA) is 103 Å². The van der Waals surface area contributed by atoms with Gasteiger partial charge >= 0.3 is 0 Å². The fourth-order valence-electron chi connectivity index (χ4n) is 5.65. The van der Waals surface area contributed by atoms with E-state index >= 15 is 0 Å². The molecule has 204 valence electrons. The van der Waals surface area contributed by atoms with Gasteiger partial charge in [0.2, 0.25) is 11.8 Å². The minimum atomic E-state index is -0.810. The highest BCUT2D eigenvalue weighted by Crippen LogP contribution is 2.31. The Hall–Kier alpha value is -3.56. The van der Waals surface area contributed by atoms with Gasteiger partial charge in [-0.15, -0.1) is 11.3 Å². The fraction of sp³-hybridized carbons (Fsp3) is 0.400. The quantitative estimate of drug-likeness (QED) is 0.467. The van der Waals surface area contributed by atoms with E-state index in [0.29, 0.717) is 12.1 Å². The Morgan fingerprint density at radius 3 is 2.46 bits per heavy atom. The van der Waals surface area contributed by atoms with Crippen molar-refractivity contribution in [1.29, 1.82) is 0 Å². The molecule has 0 radical (unpaired) electrons. The first-order valence-corrected chi connectivity index (χ1v) is 14.2. The number of hydrogen-bond acceptors (Lipinski definition) is 6. The van der Waals surface area contributed by atoms with Gasteiger partial charge in [-0.2, -0.15) is 0 Å². The first-order chi connectivity index (χ1) is 18.7. The first kappa shape index (κ1) is 27.0. The van der Waals surface area contributed by atoms with E-state index in [4.69, 9.17) is 0 Å². The van der Waals surface area contributed by atoms with Crippen LogP contribution in [0.1, 0.15) is 60.4 Å². The van der Waals surface area contributed by atoms with Gasteiger partial charge in [0.1, 0.15) is 12.1 Å². The van der Waals surface area contributed by atoms with Crippen LogP contribution in [0.4, 0.5) is 0 Å². The van der Waals surface area contributed by atoms with Crippen LogP contribution in [0.2, 0.25) is 0 Å². The van der Waals surface area contributed by atoms with E-state index in [2.05, 4.69) is 10.3 Å². The summed E-state index contributed by atoms with van der Waals surface area (Å²) in [5.41, 5.74) is 6.32. The van der Waals surface area contributed by atoms with Crippen LogP contribution in [0.3, 0.4) is 0 Å². The zero-order chi connectivity index (χ0) is 27.8. The highest BCUT2D eigenvalue weighted by Gasteiger charge is 2.46. The van der Waals surface area contributed by atoms with E-state index in [-0.39, 0.29) is 42.6 Å². The third-order valence-electron chi connectivity index (χ3n) is 7.71. The highest BCUT2D eigenvalue weighted by molar-refractivity contribution is 7.13. The second kappa shape index (κ2) is 10.9. The number of rotatable bonds is 7. The van der Waals surface area contributed by atoms with Gasteiger partial charge in [0.25, 0.3) is 5.91 Å². The van der Waals surface area contributed by atoms with Crippen LogP contribution in [0.25, 0.3) is 10.4 Å². The number of fused-ring (bicyclic) bond motifs is 1. The maximum absolute atomic E-state index is 13.9. The average molecular weight is 547 g/mol. The minimum Gasteiger partial charge on any atom is -0.391 e. The summed E-state index contributed by atoms with van der Waals surface area (Å²) in [4.78, 5) is 49.0. The zero-order valence-corrected chi connectivity index (χ0v) is 23.4. The molecule has 3 amide bonds. The number of thiazole rings is 1. The number of aryl methyl sites for hydroxylation is 1. The van der Waals surface area contributed by atoms with Crippen LogP contribution in [-0.4, -0.2) is 62.3 Å². The molecule has 0 aliphatic carbocycles. The van der Waals surface area contributed by atoms with Crippen molar-refractivity contribution in [2.24, 2.45) is 5.92 Å². The maximum Gasteiger partial charge on any atom is 0.255 e. The fourth-order valence-corrected chi connectivity index (χ4v) is 6.46. The number of nitrogens with zero attached hydrogens (tertiary/aromatic N) is 3. The maximum atomic E-state index is 13.9. The van der Waals surface area contributed by atoms with E-state index < -0.39 is 18.2 Å². The van der Waals surface area contributed by atoms with Crippen LogP contribution in [0.15, 0.2) is 54.0 Å². The predicted octanol–water partition coefficient (Wildman–Crippen LogP) is 3.94. The summed E-state index contributed by atoms with van der Waals surface area (Å²) < 4.78 is 0. The molecule has 5 rings (SSSR count). The van der Waals surface area contributed by atoms with Crippen molar-refractivity contribution in [2.45, 2.75) is 64.9 Å². The van der Waals surface area contributed by atoms with Crippen molar-refractivity contribution < 1.29 is 19.5 Å². The molecule has 4 atom stereocenters. The molecule has 1 saturated heterocycles. The average Bonchev–Trinajstić information content (AvgIpc) is 3.61. The first-order valence-electron chi connectivity index (χ1n) is 13.3. The Kier molecular flexibility index (Phi) is 7.55. The lowest BCUT2D eigenvalue weighted by molar-refractivity contribution is -0.143. The molecule has 2 aliphatic heterocycles. The van der Waals surface area contributed by atoms with E-state index in [1.54, 1.807) is 22.3 Å². The van der Waals surface area contributed by atoms with Gasteiger partial charge in [-0.3, -0.25) is 14.4 Å². The molecule has 1 unspecified atom stereocenters. The third kappa shape index (κ3) is 5.21. The van der Waals surface area contributed by atoms with Crippen LogP contribution in [0.5, 0.6) is 0 Å². The largest absolute Gasteiger partial charge is 0.391 e. The molecule has 1 fully saturated rings. The Morgan fingerprint density at radius 2 is 1.82 bits per heavy atom. The summed E-state index contributed by atoms with van der Waals surface area (Å²) in [6, 6.07) is 13.6. The Morgan fingerprint density at radius 1 is 1.10 bits per heavy atom. The van der Waals surface area contributed by atoms with Gasteiger partial charge in [-0.1, -0.05) is 56.3 Å².